The van der Waals surface area contributed by atoms with Crippen molar-refractivity contribution in [2.75, 3.05) is 0 Å². The van der Waals surface area contributed by atoms with Crippen molar-refractivity contribution in [1.82, 2.24) is 0 Å². The van der Waals surface area contributed by atoms with Gasteiger partial charge in [0.25, 0.3) is 0 Å². The molecule has 0 unspecified atom stereocenters. The van der Waals surface area contributed by atoms with Gasteiger partial charge < -0.3 is 4.89 Å². The van der Waals surface area contributed by atoms with E-state index in [0.29, 0.717) is 0 Å². The van der Waals surface area contributed by atoms with Crippen molar-refractivity contribution in [2.24, 2.45) is 0 Å². The molecule has 4 heteroatoms. The summed E-state index contributed by atoms with van der Waals surface area (Å²) >= 11 is 0.111. The van der Waals surface area contributed by atoms with Crippen molar-refractivity contribution in [3.05, 3.63) is 0 Å². The van der Waals surface area contributed by atoms with Crippen LogP contribution in [0.15, 0.2) is 0 Å². The fourth-order valence-corrected chi connectivity index (χ4v) is 0. The zero-order valence-electron chi connectivity index (χ0n) is 4.72. The second-order valence-electron chi connectivity index (χ2n) is 1.08. The smallest absolute Gasteiger partial charge is 0.310 e. The molecule has 0 fully saturated rings. The van der Waals surface area contributed by atoms with E-state index in [2.05, 4.69) is 12.4 Å². The third-order valence-corrected chi connectivity index (χ3v) is 2.60. The fourth-order valence-electron chi connectivity index (χ4n) is 0. The number of rotatable bonds is 1. The summed E-state index contributed by atoms with van der Waals surface area (Å²) in [5.41, 5.74) is 2.37. The Kier molecular flexibility index (Phi) is 24.2. The molecule has 0 amide bonds. The normalized spacial score (nSPS) is 6.14. The van der Waals surface area contributed by atoms with Gasteiger partial charge in [0.1, 0.15) is 0 Å². The van der Waals surface area contributed by atoms with Gasteiger partial charge in [-0.05, 0) is 0 Å². The molecule has 0 aromatic carbocycles. The molecule has 0 heterocycles. The minimum Gasteiger partial charge on any atom is -0.310 e. The van der Waals surface area contributed by atoms with Crippen molar-refractivity contribution in [3.8, 4) is 0 Å². The maximum absolute atomic E-state index is 8.46. The first-order chi connectivity index (χ1) is 3.33. The Morgan fingerprint density at radius 1 is 1.86 bits per heavy atom. The average Bonchev–Trinajstić information content (AvgIpc) is 1.69. The molecule has 0 aliphatic carbocycles. The second-order valence-corrected chi connectivity index (χ2v) is 5.44. The molecular formula is C3H9O2PZn. The molecule has 40 valence electrons. The molecule has 0 radical (unpaired) electrons. The summed E-state index contributed by atoms with van der Waals surface area (Å²) in [5.74, 6) is 0. The Labute approximate surface area is 53.2 Å². The van der Waals surface area contributed by atoms with Crippen molar-refractivity contribution >= 4 is 8.69 Å². The Hall–Kier alpha value is 0.683. The molecule has 2 nitrogen and oxygen atoms in total. The van der Waals surface area contributed by atoms with Crippen molar-refractivity contribution in [1.29, 1.82) is 0 Å². The summed E-state index contributed by atoms with van der Waals surface area (Å²) in [6.45, 7) is 2.26. The van der Waals surface area contributed by atoms with Crippen LogP contribution >= 0.6 is 8.69 Å². The van der Waals surface area contributed by atoms with Gasteiger partial charge >= 0.3 is 43.3 Å². The van der Waals surface area contributed by atoms with Gasteiger partial charge in [-0.15, -0.1) is 0 Å². The van der Waals surface area contributed by atoms with E-state index in [1.54, 1.807) is 0 Å². The zero-order chi connectivity index (χ0) is 6.12. The monoisotopic (exact) mass is 172 g/mol. The second kappa shape index (κ2) is 15.9. The first kappa shape index (κ1) is 10.6. The predicted molar refractivity (Wildman–Crippen MR) is 26.2 cm³/mol. The van der Waals surface area contributed by atoms with Crippen molar-refractivity contribution < 1.29 is 26.6 Å². The Morgan fingerprint density at radius 3 is 2.00 bits per heavy atom. The van der Waals surface area contributed by atoms with E-state index in [9.17, 15) is 0 Å². The predicted octanol–water partition coefficient (Wildman–Crippen LogP) is 1.74. The molecule has 0 aliphatic heterocycles. The summed E-state index contributed by atoms with van der Waals surface area (Å²) in [6, 6.07) is 0. The van der Waals surface area contributed by atoms with E-state index in [-0.39, 0.29) is 17.1 Å². The SMILES string of the molecule is C[CH2][Zn][CH3].O=PO. The van der Waals surface area contributed by atoms with E-state index < -0.39 is 8.69 Å². The van der Waals surface area contributed by atoms with Crippen LogP contribution in [0.5, 0.6) is 0 Å². The molecule has 0 atom stereocenters. The number of hydrogen-bond acceptors (Lipinski definition) is 1. The van der Waals surface area contributed by atoms with Crippen LogP contribution < -0.4 is 0 Å². The summed E-state index contributed by atoms with van der Waals surface area (Å²) < 4.78 is 8.46. The van der Waals surface area contributed by atoms with E-state index >= 15 is 0 Å². The van der Waals surface area contributed by atoms with Gasteiger partial charge in [0.2, 0.25) is 0 Å². The minimum absolute atomic E-state index is 0.111. The van der Waals surface area contributed by atoms with Gasteiger partial charge in [0.15, 0.2) is 0 Å². The molecule has 0 aromatic heterocycles. The summed E-state index contributed by atoms with van der Waals surface area (Å²) in [6.07, 6.45) is 0. The van der Waals surface area contributed by atoms with E-state index in [0.717, 1.165) is 0 Å². The minimum atomic E-state index is -0.833. The third-order valence-electron chi connectivity index (χ3n) is 0.500. The van der Waals surface area contributed by atoms with Crippen LogP contribution in [0.1, 0.15) is 6.92 Å². The molecular weight excluding hydrogens is 164 g/mol. The molecule has 0 rings (SSSR count). The van der Waals surface area contributed by atoms with Crippen LogP contribution in [-0.4, -0.2) is 4.89 Å². The first-order valence-corrected chi connectivity index (χ1v) is 8.13. The van der Waals surface area contributed by atoms with Crippen LogP contribution in [-0.2, 0) is 21.7 Å². The third kappa shape index (κ3) is 51.7. The van der Waals surface area contributed by atoms with Crippen molar-refractivity contribution in [2.45, 2.75) is 17.5 Å². The molecule has 0 aliphatic rings. The van der Waals surface area contributed by atoms with E-state index in [4.69, 9.17) is 9.46 Å². The molecule has 0 saturated heterocycles. The van der Waals surface area contributed by atoms with Crippen LogP contribution in [0.4, 0.5) is 0 Å². The number of hydrogen-bond donors (Lipinski definition) is 1. The summed E-state index contributed by atoms with van der Waals surface area (Å²) in [5, 5.41) is 1.51. The Bertz CT molecular complexity index is 32.1. The van der Waals surface area contributed by atoms with Crippen molar-refractivity contribution in [3.63, 3.8) is 0 Å². The van der Waals surface area contributed by atoms with E-state index in [1.165, 1.54) is 5.02 Å². The van der Waals surface area contributed by atoms with Crippen LogP contribution in [0.2, 0.25) is 10.5 Å². The Balaban J connectivity index is 0. The molecule has 7 heavy (non-hydrogen) atoms. The maximum atomic E-state index is 8.46. The largest absolute Gasteiger partial charge is 0.324 e. The first-order valence-electron chi connectivity index (χ1n) is 2.30. The molecule has 0 spiro atoms. The van der Waals surface area contributed by atoms with Gasteiger partial charge in [0.05, 0.1) is 0 Å². The van der Waals surface area contributed by atoms with Crippen LogP contribution in [0, 0.1) is 0 Å². The van der Waals surface area contributed by atoms with Gasteiger partial charge in [-0.1, -0.05) is 0 Å². The zero-order valence-corrected chi connectivity index (χ0v) is 8.58. The average molecular weight is 173 g/mol. The summed E-state index contributed by atoms with van der Waals surface area (Å²) in [7, 11) is -0.833. The topological polar surface area (TPSA) is 37.3 Å². The molecule has 1 N–H and O–H groups in total. The van der Waals surface area contributed by atoms with Crippen LogP contribution in [0.3, 0.4) is 0 Å². The molecule has 0 aromatic rings. The van der Waals surface area contributed by atoms with Crippen LogP contribution in [0.25, 0.3) is 0 Å². The fraction of sp³-hybridized carbons (Fsp3) is 1.00. The standard InChI is InChI=1S/C2H5.CH3.HO2P.Zn/c1-2;;1-3-2;/h1H2,2H3;1H3;(H,1,2);. The van der Waals surface area contributed by atoms with Gasteiger partial charge in [-0.3, -0.25) is 0 Å². The molecule has 0 bridgehead atoms. The van der Waals surface area contributed by atoms with Gasteiger partial charge in [-0.2, -0.15) is 0 Å². The van der Waals surface area contributed by atoms with Gasteiger partial charge in [-0.25, -0.2) is 4.57 Å². The Morgan fingerprint density at radius 2 is 2.00 bits per heavy atom. The maximum Gasteiger partial charge on any atom is 0.324 e. The summed E-state index contributed by atoms with van der Waals surface area (Å²) in [4.78, 5) is 6.99. The van der Waals surface area contributed by atoms with E-state index in [1.807, 2.05) is 0 Å². The van der Waals surface area contributed by atoms with Gasteiger partial charge in [0, 0.05) is 0 Å². The quantitative estimate of drug-likeness (QED) is 0.484. The molecule has 0 saturated carbocycles.